The van der Waals surface area contributed by atoms with Crippen molar-refractivity contribution in [2.75, 3.05) is 5.32 Å². The Balaban J connectivity index is 2.14. The fourth-order valence-corrected chi connectivity index (χ4v) is 3.23. The van der Waals surface area contributed by atoms with Crippen LogP contribution in [0.4, 0.5) is 5.69 Å². The zero-order chi connectivity index (χ0) is 12.4. The molecule has 0 atom stereocenters. The number of nitrogens with zero attached hydrogens (tertiary/aromatic N) is 2. The van der Waals surface area contributed by atoms with E-state index in [9.17, 15) is 0 Å². The standard InChI is InChI=1S/C10H8Br2ClN3O/c1-5-15-16-9(17-5)4-14-10-7(11)2-6(13)3-8(10)12/h2-3,14H,4H2,1H3. The molecule has 0 aliphatic carbocycles. The third-order valence-electron chi connectivity index (χ3n) is 1.99. The van der Waals surface area contributed by atoms with Crippen molar-refractivity contribution < 1.29 is 4.42 Å². The molecule has 0 aliphatic heterocycles. The molecule has 4 nitrogen and oxygen atoms in total. The molecule has 1 heterocycles. The minimum Gasteiger partial charge on any atom is -0.424 e. The van der Waals surface area contributed by atoms with E-state index >= 15 is 0 Å². The minimum atomic E-state index is 0.458. The molecule has 0 amide bonds. The van der Waals surface area contributed by atoms with Gasteiger partial charge in [0.1, 0.15) is 0 Å². The Morgan fingerprint density at radius 2 is 1.94 bits per heavy atom. The molecule has 90 valence electrons. The summed E-state index contributed by atoms with van der Waals surface area (Å²) in [6.07, 6.45) is 0. The SMILES string of the molecule is Cc1nnc(CNc2c(Br)cc(Cl)cc2Br)o1. The largest absolute Gasteiger partial charge is 0.424 e. The van der Waals surface area contributed by atoms with Gasteiger partial charge < -0.3 is 9.73 Å². The molecule has 0 spiro atoms. The number of anilines is 1. The van der Waals surface area contributed by atoms with E-state index in [1.807, 2.05) is 12.1 Å². The average Bonchev–Trinajstić information content (AvgIpc) is 2.62. The summed E-state index contributed by atoms with van der Waals surface area (Å²) in [5.41, 5.74) is 0.894. The van der Waals surface area contributed by atoms with Gasteiger partial charge in [-0.3, -0.25) is 0 Å². The number of halogens is 3. The molecule has 1 aromatic carbocycles. The molecule has 17 heavy (non-hydrogen) atoms. The van der Waals surface area contributed by atoms with Crippen LogP contribution in [0.25, 0.3) is 0 Å². The van der Waals surface area contributed by atoms with Gasteiger partial charge in [-0.05, 0) is 44.0 Å². The molecule has 1 aromatic heterocycles. The van der Waals surface area contributed by atoms with Gasteiger partial charge >= 0.3 is 0 Å². The monoisotopic (exact) mass is 379 g/mol. The first-order valence-electron chi connectivity index (χ1n) is 4.73. The summed E-state index contributed by atoms with van der Waals surface area (Å²) in [5.74, 6) is 1.09. The van der Waals surface area contributed by atoms with Crippen molar-refractivity contribution in [2.45, 2.75) is 13.5 Å². The summed E-state index contributed by atoms with van der Waals surface area (Å²) in [7, 11) is 0. The van der Waals surface area contributed by atoms with Crippen molar-refractivity contribution in [3.8, 4) is 0 Å². The summed E-state index contributed by atoms with van der Waals surface area (Å²) < 4.78 is 7.00. The Morgan fingerprint density at radius 1 is 1.29 bits per heavy atom. The molecule has 1 N–H and O–H groups in total. The lowest BCUT2D eigenvalue weighted by Gasteiger charge is -2.09. The van der Waals surface area contributed by atoms with Gasteiger partial charge in [0.15, 0.2) is 0 Å². The molecule has 7 heteroatoms. The molecule has 0 saturated carbocycles. The van der Waals surface area contributed by atoms with Crippen LogP contribution in [0.3, 0.4) is 0 Å². The summed E-state index contributed by atoms with van der Waals surface area (Å²) >= 11 is 12.8. The molecule has 0 unspecified atom stereocenters. The van der Waals surface area contributed by atoms with Crippen molar-refractivity contribution >= 4 is 49.1 Å². The predicted octanol–water partition coefficient (Wildman–Crippen LogP) is 4.17. The molecule has 0 saturated heterocycles. The van der Waals surface area contributed by atoms with E-state index in [1.54, 1.807) is 6.92 Å². The second-order valence-electron chi connectivity index (χ2n) is 3.31. The number of rotatable bonds is 3. The van der Waals surface area contributed by atoms with Crippen LogP contribution in [-0.4, -0.2) is 10.2 Å². The Morgan fingerprint density at radius 3 is 2.47 bits per heavy atom. The van der Waals surface area contributed by atoms with Crippen LogP contribution in [0.5, 0.6) is 0 Å². The molecule has 0 bridgehead atoms. The zero-order valence-electron chi connectivity index (χ0n) is 8.80. The van der Waals surface area contributed by atoms with Crippen LogP contribution in [0, 0.1) is 6.92 Å². The summed E-state index contributed by atoms with van der Waals surface area (Å²) in [5, 5.41) is 11.5. The topological polar surface area (TPSA) is 51.0 Å². The third kappa shape index (κ3) is 3.20. The Hall–Kier alpha value is -0.590. The first-order valence-corrected chi connectivity index (χ1v) is 6.70. The van der Waals surface area contributed by atoms with Gasteiger partial charge in [-0.1, -0.05) is 11.6 Å². The lowest BCUT2D eigenvalue weighted by atomic mass is 10.3. The zero-order valence-corrected chi connectivity index (χ0v) is 12.7. The second kappa shape index (κ2) is 5.37. The first kappa shape index (κ1) is 12.9. The normalized spacial score (nSPS) is 10.6. The summed E-state index contributed by atoms with van der Waals surface area (Å²) in [6, 6.07) is 3.63. The smallest absolute Gasteiger partial charge is 0.235 e. The third-order valence-corrected chi connectivity index (χ3v) is 3.46. The molecular weight excluding hydrogens is 373 g/mol. The average molecular weight is 381 g/mol. The van der Waals surface area contributed by atoms with Gasteiger partial charge in [-0.15, -0.1) is 10.2 Å². The maximum atomic E-state index is 5.91. The highest BCUT2D eigenvalue weighted by molar-refractivity contribution is 9.11. The molecule has 2 rings (SSSR count). The van der Waals surface area contributed by atoms with E-state index < -0.39 is 0 Å². The maximum absolute atomic E-state index is 5.91. The Kier molecular flexibility index (Phi) is 4.06. The van der Waals surface area contributed by atoms with Crippen LogP contribution in [0.1, 0.15) is 11.8 Å². The second-order valence-corrected chi connectivity index (χ2v) is 5.46. The number of aryl methyl sites for hydroxylation is 1. The van der Waals surface area contributed by atoms with E-state index in [0.717, 1.165) is 14.6 Å². The highest BCUT2D eigenvalue weighted by Crippen LogP contribution is 2.34. The quantitative estimate of drug-likeness (QED) is 0.867. The highest BCUT2D eigenvalue weighted by atomic mass is 79.9. The fourth-order valence-electron chi connectivity index (χ4n) is 1.28. The predicted molar refractivity (Wildman–Crippen MR) is 73.2 cm³/mol. The van der Waals surface area contributed by atoms with Gasteiger partial charge in [0.25, 0.3) is 0 Å². The van der Waals surface area contributed by atoms with Gasteiger partial charge in [0, 0.05) is 20.9 Å². The summed E-state index contributed by atoms with van der Waals surface area (Å²) in [6.45, 7) is 2.21. The Bertz CT molecular complexity index is 521. The molecule has 0 aliphatic rings. The van der Waals surface area contributed by atoms with Gasteiger partial charge in [0.05, 0.1) is 12.2 Å². The van der Waals surface area contributed by atoms with Crippen LogP contribution >= 0.6 is 43.5 Å². The Labute approximate surface area is 120 Å². The maximum Gasteiger partial charge on any atom is 0.235 e. The number of nitrogens with one attached hydrogen (secondary N) is 1. The highest BCUT2D eigenvalue weighted by Gasteiger charge is 2.08. The minimum absolute atomic E-state index is 0.458. The van der Waals surface area contributed by atoms with Crippen LogP contribution < -0.4 is 5.32 Å². The van der Waals surface area contributed by atoms with E-state index in [0.29, 0.717) is 23.3 Å². The van der Waals surface area contributed by atoms with Gasteiger partial charge in [0.2, 0.25) is 11.8 Å². The van der Waals surface area contributed by atoms with E-state index in [-0.39, 0.29) is 0 Å². The number of hydrogen-bond acceptors (Lipinski definition) is 4. The van der Waals surface area contributed by atoms with Crippen LogP contribution in [0.15, 0.2) is 25.5 Å². The molecule has 2 aromatic rings. The van der Waals surface area contributed by atoms with Crippen molar-refractivity contribution in [1.82, 2.24) is 10.2 Å². The van der Waals surface area contributed by atoms with Crippen LogP contribution in [-0.2, 0) is 6.54 Å². The van der Waals surface area contributed by atoms with Crippen molar-refractivity contribution in [3.05, 3.63) is 37.9 Å². The molecule has 0 radical (unpaired) electrons. The first-order chi connectivity index (χ1) is 8.06. The van der Waals surface area contributed by atoms with Crippen molar-refractivity contribution in [3.63, 3.8) is 0 Å². The number of hydrogen-bond donors (Lipinski definition) is 1. The lowest BCUT2D eigenvalue weighted by molar-refractivity contribution is 0.474. The van der Waals surface area contributed by atoms with Gasteiger partial charge in [-0.25, -0.2) is 0 Å². The van der Waals surface area contributed by atoms with Gasteiger partial charge in [-0.2, -0.15) is 0 Å². The molecular formula is C10H8Br2ClN3O. The summed E-state index contributed by atoms with van der Waals surface area (Å²) in [4.78, 5) is 0. The molecule has 0 fully saturated rings. The van der Waals surface area contributed by atoms with E-state index in [2.05, 4.69) is 47.4 Å². The van der Waals surface area contributed by atoms with E-state index in [4.69, 9.17) is 16.0 Å². The number of aromatic nitrogens is 2. The van der Waals surface area contributed by atoms with Crippen LogP contribution in [0.2, 0.25) is 5.02 Å². The lowest BCUT2D eigenvalue weighted by Crippen LogP contribution is -2.01. The number of benzene rings is 1. The van der Waals surface area contributed by atoms with E-state index in [1.165, 1.54) is 0 Å². The van der Waals surface area contributed by atoms with Crippen molar-refractivity contribution in [2.24, 2.45) is 0 Å². The van der Waals surface area contributed by atoms with Crippen molar-refractivity contribution in [1.29, 1.82) is 0 Å². The fraction of sp³-hybridized carbons (Fsp3) is 0.200.